The van der Waals surface area contributed by atoms with Gasteiger partial charge in [0, 0.05) is 6.20 Å². The van der Waals surface area contributed by atoms with E-state index >= 15 is 0 Å². The van der Waals surface area contributed by atoms with E-state index in [1.54, 1.807) is 19.2 Å². The zero-order chi connectivity index (χ0) is 12.0. The maximum Gasteiger partial charge on any atom is 0.315 e. The van der Waals surface area contributed by atoms with E-state index in [0.29, 0.717) is 5.82 Å². The Morgan fingerprint density at radius 2 is 2.25 bits per heavy atom. The molecule has 0 saturated carbocycles. The molecule has 1 aromatic rings. The van der Waals surface area contributed by atoms with Gasteiger partial charge in [-0.15, -0.1) is 0 Å². The minimum Gasteiger partial charge on any atom is -0.466 e. The van der Waals surface area contributed by atoms with E-state index in [1.165, 1.54) is 0 Å². The van der Waals surface area contributed by atoms with E-state index < -0.39 is 11.9 Å². The van der Waals surface area contributed by atoms with Crippen LogP contribution >= 0.6 is 0 Å². The monoisotopic (exact) mass is 222 g/mol. The van der Waals surface area contributed by atoms with Gasteiger partial charge in [0.2, 0.25) is 5.91 Å². The fourth-order valence-electron chi connectivity index (χ4n) is 1.14. The quantitative estimate of drug-likeness (QED) is 0.615. The van der Waals surface area contributed by atoms with Crippen LogP contribution in [-0.2, 0) is 14.3 Å². The van der Waals surface area contributed by atoms with Crippen molar-refractivity contribution >= 4 is 17.7 Å². The van der Waals surface area contributed by atoms with E-state index in [-0.39, 0.29) is 13.0 Å². The molecule has 0 unspecified atom stereocenters. The first-order chi connectivity index (χ1) is 7.63. The lowest BCUT2D eigenvalue weighted by Gasteiger charge is -2.06. The normalized spacial score (nSPS) is 9.62. The Balaban J connectivity index is 2.52. The smallest absolute Gasteiger partial charge is 0.315 e. The lowest BCUT2D eigenvalue weighted by molar-refractivity contribution is -0.145. The summed E-state index contributed by atoms with van der Waals surface area (Å²) in [5.41, 5.74) is 0.847. The topological polar surface area (TPSA) is 68.3 Å². The van der Waals surface area contributed by atoms with Crippen molar-refractivity contribution in [2.45, 2.75) is 20.3 Å². The van der Waals surface area contributed by atoms with Crippen molar-refractivity contribution in [3.63, 3.8) is 0 Å². The Bertz CT molecular complexity index is 391. The van der Waals surface area contributed by atoms with Crippen molar-refractivity contribution in [1.82, 2.24) is 4.98 Å². The highest BCUT2D eigenvalue weighted by molar-refractivity contribution is 6.01. The molecule has 0 radical (unpaired) electrons. The van der Waals surface area contributed by atoms with Gasteiger partial charge in [-0.3, -0.25) is 9.59 Å². The van der Waals surface area contributed by atoms with Gasteiger partial charge in [0.15, 0.2) is 0 Å². The van der Waals surface area contributed by atoms with Crippen molar-refractivity contribution in [3.05, 3.63) is 23.9 Å². The van der Waals surface area contributed by atoms with Gasteiger partial charge < -0.3 is 10.1 Å². The number of carbonyl (C=O) groups excluding carboxylic acids is 2. The number of carbonyl (C=O) groups is 2. The van der Waals surface area contributed by atoms with Crippen LogP contribution in [0.2, 0.25) is 0 Å². The van der Waals surface area contributed by atoms with Crippen LogP contribution in [0.1, 0.15) is 18.9 Å². The standard InChI is InChI=1S/C11H14N2O3/c1-3-16-10(15)7-9(14)13-11-8(2)5-4-6-12-11/h4-6H,3,7H2,1-2H3,(H,12,13,14). The highest BCUT2D eigenvalue weighted by atomic mass is 16.5. The van der Waals surface area contributed by atoms with Crippen molar-refractivity contribution in [2.75, 3.05) is 11.9 Å². The highest BCUT2D eigenvalue weighted by Gasteiger charge is 2.11. The molecule has 0 atom stereocenters. The highest BCUT2D eigenvalue weighted by Crippen LogP contribution is 2.09. The number of aromatic nitrogens is 1. The second-order valence-corrected chi connectivity index (χ2v) is 3.20. The molecule has 86 valence electrons. The molecule has 1 heterocycles. The molecule has 0 fully saturated rings. The minimum atomic E-state index is -0.534. The van der Waals surface area contributed by atoms with E-state index in [9.17, 15) is 9.59 Å². The van der Waals surface area contributed by atoms with Gasteiger partial charge in [0.1, 0.15) is 12.2 Å². The summed E-state index contributed by atoms with van der Waals surface area (Å²) >= 11 is 0. The molecule has 16 heavy (non-hydrogen) atoms. The van der Waals surface area contributed by atoms with Crippen molar-refractivity contribution in [1.29, 1.82) is 0 Å². The summed E-state index contributed by atoms with van der Waals surface area (Å²) in [6.45, 7) is 3.79. The number of amides is 1. The lowest BCUT2D eigenvalue weighted by atomic mass is 10.3. The Kier molecular flexibility index (Phi) is 4.44. The van der Waals surface area contributed by atoms with E-state index in [0.717, 1.165) is 5.56 Å². The lowest BCUT2D eigenvalue weighted by Crippen LogP contribution is -2.19. The average molecular weight is 222 g/mol. The number of nitrogens with one attached hydrogen (secondary N) is 1. The zero-order valence-electron chi connectivity index (χ0n) is 9.32. The van der Waals surface area contributed by atoms with Gasteiger partial charge in [-0.2, -0.15) is 0 Å². The summed E-state index contributed by atoms with van der Waals surface area (Å²) in [6, 6.07) is 3.60. The summed E-state index contributed by atoms with van der Waals surface area (Å²) in [4.78, 5) is 26.4. The number of hydrogen-bond donors (Lipinski definition) is 1. The van der Waals surface area contributed by atoms with Crippen molar-refractivity contribution < 1.29 is 14.3 Å². The molecule has 0 aliphatic rings. The molecule has 0 aliphatic heterocycles. The molecular formula is C11H14N2O3. The van der Waals surface area contributed by atoms with Gasteiger partial charge in [-0.25, -0.2) is 4.98 Å². The van der Waals surface area contributed by atoms with Gasteiger partial charge >= 0.3 is 5.97 Å². The second kappa shape index (κ2) is 5.85. The van der Waals surface area contributed by atoms with E-state index in [4.69, 9.17) is 0 Å². The third kappa shape index (κ3) is 3.68. The molecule has 0 saturated heterocycles. The van der Waals surface area contributed by atoms with Crippen LogP contribution in [0.4, 0.5) is 5.82 Å². The molecule has 0 aromatic carbocycles. The largest absolute Gasteiger partial charge is 0.466 e. The van der Waals surface area contributed by atoms with Gasteiger partial charge in [0.25, 0.3) is 0 Å². The van der Waals surface area contributed by atoms with Crippen LogP contribution < -0.4 is 5.32 Å². The van der Waals surface area contributed by atoms with Gasteiger partial charge in [0.05, 0.1) is 6.61 Å². The maximum absolute atomic E-state index is 11.4. The van der Waals surface area contributed by atoms with Crippen LogP contribution in [0.5, 0.6) is 0 Å². The maximum atomic E-state index is 11.4. The fraction of sp³-hybridized carbons (Fsp3) is 0.364. The SMILES string of the molecule is CCOC(=O)CC(=O)Nc1ncccc1C. The number of aryl methyl sites for hydroxylation is 1. The van der Waals surface area contributed by atoms with Gasteiger partial charge in [-0.05, 0) is 25.5 Å². The molecule has 5 heteroatoms. The third-order valence-electron chi connectivity index (χ3n) is 1.88. The Labute approximate surface area is 93.8 Å². The summed E-state index contributed by atoms with van der Waals surface area (Å²) in [5, 5.41) is 2.55. The number of pyridine rings is 1. The number of anilines is 1. The summed E-state index contributed by atoms with van der Waals surface area (Å²) in [6.07, 6.45) is 1.29. The molecule has 0 spiro atoms. The molecule has 0 bridgehead atoms. The zero-order valence-corrected chi connectivity index (χ0v) is 9.32. The summed E-state index contributed by atoms with van der Waals surface area (Å²) in [5.74, 6) is -0.481. The van der Waals surface area contributed by atoms with Crippen LogP contribution in [0.25, 0.3) is 0 Å². The number of esters is 1. The number of ether oxygens (including phenoxy) is 1. The predicted octanol–water partition coefficient (Wildman–Crippen LogP) is 1.28. The Hall–Kier alpha value is -1.91. The van der Waals surface area contributed by atoms with Crippen LogP contribution in [0.15, 0.2) is 18.3 Å². The Morgan fingerprint density at radius 1 is 1.50 bits per heavy atom. The first-order valence-corrected chi connectivity index (χ1v) is 5.00. The minimum absolute atomic E-state index is 0.273. The molecule has 1 N–H and O–H groups in total. The van der Waals surface area contributed by atoms with Crippen LogP contribution in [0, 0.1) is 6.92 Å². The predicted molar refractivity (Wildman–Crippen MR) is 58.9 cm³/mol. The molecule has 0 aliphatic carbocycles. The molecular weight excluding hydrogens is 208 g/mol. The number of rotatable bonds is 4. The second-order valence-electron chi connectivity index (χ2n) is 3.20. The molecule has 5 nitrogen and oxygen atoms in total. The van der Waals surface area contributed by atoms with Crippen molar-refractivity contribution in [2.24, 2.45) is 0 Å². The Morgan fingerprint density at radius 3 is 2.88 bits per heavy atom. The summed E-state index contributed by atoms with van der Waals surface area (Å²) in [7, 11) is 0. The van der Waals surface area contributed by atoms with E-state index in [2.05, 4.69) is 15.0 Å². The molecule has 1 rings (SSSR count). The molecule has 1 aromatic heterocycles. The van der Waals surface area contributed by atoms with Gasteiger partial charge in [-0.1, -0.05) is 6.07 Å². The number of nitrogens with zero attached hydrogens (tertiary/aromatic N) is 1. The summed E-state index contributed by atoms with van der Waals surface area (Å²) < 4.78 is 4.66. The molecule has 1 amide bonds. The first-order valence-electron chi connectivity index (χ1n) is 5.00. The first kappa shape index (κ1) is 12.2. The number of hydrogen-bond acceptors (Lipinski definition) is 4. The van der Waals surface area contributed by atoms with E-state index in [1.807, 2.05) is 13.0 Å². The average Bonchev–Trinajstić information content (AvgIpc) is 2.21. The van der Waals surface area contributed by atoms with Crippen LogP contribution in [-0.4, -0.2) is 23.5 Å². The van der Waals surface area contributed by atoms with Crippen LogP contribution in [0.3, 0.4) is 0 Å². The van der Waals surface area contributed by atoms with Crippen molar-refractivity contribution in [3.8, 4) is 0 Å². The third-order valence-corrected chi connectivity index (χ3v) is 1.88. The fourth-order valence-corrected chi connectivity index (χ4v) is 1.14.